The molecule has 5 heteroatoms. The van der Waals surface area contributed by atoms with E-state index in [0.717, 1.165) is 0 Å². The summed E-state index contributed by atoms with van der Waals surface area (Å²) in [6.07, 6.45) is 1.43. The first-order chi connectivity index (χ1) is 7.29. The van der Waals surface area contributed by atoms with Gasteiger partial charge in [0.2, 0.25) is 0 Å². The fourth-order valence-electron chi connectivity index (χ4n) is 0.917. The van der Waals surface area contributed by atoms with Gasteiger partial charge in [0, 0.05) is 10.7 Å². The van der Waals surface area contributed by atoms with Crippen molar-refractivity contribution in [2.75, 3.05) is 0 Å². The van der Waals surface area contributed by atoms with E-state index in [9.17, 15) is 8.60 Å². The van der Waals surface area contributed by atoms with Gasteiger partial charge < -0.3 is 0 Å². The second-order valence-electron chi connectivity index (χ2n) is 4.30. The van der Waals surface area contributed by atoms with Crippen LogP contribution in [0.4, 0.5) is 4.39 Å². The predicted octanol–water partition coefficient (Wildman–Crippen LogP) is 3.47. The van der Waals surface area contributed by atoms with Crippen LogP contribution in [0.3, 0.4) is 0 Å². The van der Waals surface area contributed by atoms with Gasteiger partial charge in [-0.2, -0.15) is 4.40 Å². The standard InChI is InChI=1S/C11H13BrFNOS/c1-11(2,3)16(15)14-7-8-4-9(12)6-10(13)5-8/h4-7H,1-3H3/t16-/m1/s1. The van der Waals surface area contributed by atoms with Gasteiger partial charge in [-0.1, -0.05) is 15.9 Å². The van der Waals surface area contributed by atoms with Crippen LogP contribution in [0, 0.1) is 5.82 Å². The molecule has 16 heavy (non-hydrogen) atoms. The molecule has 1 aromatic rings. The molecule has 0 fully saturated rings. The van der Waals surface area contributed by atoms with Crippen LogP contribution < -0.4 is 0 Å². The lowest BCUT2D eigenvalue weighted by atomic mass is 10.2. The van der Waals surface area contributed by atoms with Crippen LogP contribution in [0.15, 0.2) is 27.1 Å². The first-order valence-corrected chi connectivity index (χ1v) is 6.61. The molecule has 1 rings (SSSR count). The average Bonchev–Trinajstić information content (AvgIpc) is 2.11. The quantitative estimate of drug-likeness (QED) is 0.769. The maximum atomic E-state index is 13.0. The summed E-state index contributed by atoms with van der Waals surface area (Å²) in [5.41, 5.74) is 0.587. The minimum atomic E-state index is -1.32. The highest BCUT2D eigenvalue weighted by Crippen LogP contribution is 2.15. The first-order valence-electron chi connectivity index (χ1n) is 4.71. The second-order valence-corrected chi connectivity index (χ2v) is 7.15. The van der Waals surface area contributed by atoms with Crippen molar-refractivity contribution in [2.24, 2.45) is 4.40 Å². The number of rotatable bonds is 2. The topological polar surface area (TPSA) is 29.4 Å². The Hall–Kier alpha value is -0.550. The number of halogens is 2. The molecular weight excluding hydrogens is 293 g/mol. The van der Waals surface area contributed by atoms with Gasteiger partial charge in [-0.15, -0.1) is 0 Å². The summed E-state index contributed by atoms with van der Waals surface area (Å²) in [5, 5.41) is 0. The van der Waals surface area contributed by atoms with Gasteiger partial charge in [0.15, 0.2) is 0 Å². The molecule has 0 aromatic heterocycles. The van der Waals surface area contributed by atoms with E-state index in [0.29, 0.717) is 10.0 Å². The Labute approximate surface area is 106 Å². The van der Waals surface area contributed by atoms with E-state index in [-0.39, 0.29) is 5.82 Å². The molecule has 0 radical (unpaired) electrons. The van der Waals surface area contributed by atoms with Gasteiger partial charge in [-0.3, -0.25) is 0 Å². The van der Waals surface area contributed by atoms with Gasteiger partial charge in [0.25, 0.3) is 0 Å². The third-order valence-electron chi connectivity index (χ3n) is 1.71. The van der Waals surface area contributed by atoms with Crippen molar-refractivity contribution < 1.29 is 8.60 Å². The molecular formula is C11H13BrFNOS. The van der Waals surface area contributed by atoms with Crippen molar-refractivity contribution in [3.8, 4) is 0 Å². The first kappa shape index (κ1) is 13.5. The van der Waals surface area contributed by atoms with Crippen molar-refractivity contribution >= 4 is 33.1 Å². The minimum Gasteiger partial charge on any atom is -0.234 e. The van der Waals surface area contributed by atoms with E-state index in [1.54, 1.807) is 6.07 Å². The van der Waals surface area contributed by atoms with Crippen LogP contribution in [0.5, 0.6) is 0 Å². The smallest absolute Gasteiger partial charge is 0.144 e. The van der Waals surface area contributed by atoms with E-state index >= 15 is 0 Å². The molecule has 0 saturated heterocycles. The molecule has 2 nitrogen and oxygen atoms in total. The van der Waals surface area contributed by atoms with E-state index in [2.05, 4.69) is 20.3 Å². The average molecular weight is 306 g/mol. The molecule has 88 valence electrons. The van der Waals surface area contributed by atoms with Crippen LogP contribution >= 0.6 is 15.9 Å². The SMILES string of the molecule is CC(C)(C)[S@@](=O)N=Cc1cc(F)cc(Br)c1. The van der Waals surface area contributed by atoms with Crippen LogP contribution in [0.2, 0.25) is 0 Å². The zero-order valence-corrected chi connectivity index (χ0v) is 11.7. The Morgan fingerprint density at radius 1 is 1.38 bits per heavy atom. The monoisotopic (exact) mass is 305 g/mol. The molecule has 0 unspecified atom stereocenters. The summed E-state index contributed by atoms with van der Waals surface area (Å²) in [7, 11) is -1.32. The van der Waals surface area contributed by atoms with Crippen molar-refractivity contribution in [1.82, 2.24) is 0 Å². The molecule has 0 aliphatic carbocycles. The van der Waals surface area contributed by atoms with Crippen molar-refractivity contribution in [3.05, 3.63) is 34.1 Å². The Balaban J connectivity index is 2.89. The third-order valence-corrected chi connectivity index (χ3v) is 3.51. The van der Waals surface area contributed by atoms with E-state index in [1.165, 1.54) is 18.3 Å². The van der Waals surface area contributed by atoms with Crippen molar-refractivity contribution in [3.63, 3.8) is 0 Å². The highest BCUT2D eigenvalue weighted by molar-refractivity contribution is 9.10. The number of nitrogens with zero attached hydrogens (tertiary/aromatic N) is 1. The lowest BCUT2D eigenvalue weighted by Crippen LogP contribution is -2.19. The number of hydrogen-bond donors (Lipinski definition) is 0. The van der Waals surface area contributed by atoms with Gasteiger partial charge in [0.05, 0.1) is 4.75 Å². The number of hydrogen-bond acceptors (Lipinski definition) is 1. The van der Waals surface area contributed by atoms with Crippen molar-refractivity contribution in [2.45, 2.75) is 25.5 Å². The highest BCUT2D eigenvalue weighted by Gasteiger charge is 2.18. The van der Waals surface area contributed by atoms with Crippen LogP contribution in [0.25, 0.3) is 0 Å². The molecule has 0 amide bonds. The fourth-order valence-corrected chi connectivity index (χ4v) is 1.93. The lowest BCUT2D eigenvalue weighted by Gasteiger charge is -2.12. The Bertz CT molecular complexity index is 420. The molecule has 1 atom stereocenters. The molecule has 0 saturated carbocycles. The zero-order chi connectivity index (χ0) is 12.3. The molecule has 0 bridgehead atoms. The summed E-state index contributed by atoms with van der Waals surface area (Å²) in [4.78, 5) is 0. The van der Waals surface area contributed by atoms with Crippen LogP contribution in [-0.4, -0.2) is 15.2 Å². The van der Waals surface area contributed by atoms with Gasteiger partial charge in [-0.25, -0.2) is 8.60 Å². The Kier molecular flexibility index (Phi) is 4.38. The Morgan fingerprint density at radius 3 is 2.50 bits per heavy atom. The summed E-state index contributed by atoms with van der Waals surface area (Å²) < 4.78 is 28.8. The molecule has 0 heterocycles. The summed E-state index contributed by atoms with van der Waals surface area (Å²) in [6.45, 7) is 5.51. The zero-order valence-electron chi connectivity index (χ0n) is 9.33. The van der Waals surface area contributed by atoms with Gasteiger partial charge >= 0.3 is 0 Å². The Morgan fingerprint density at radius 2 is 2.00 bits per heavy atom. The van der Waals surface area contributed by atoms with Gasteiger partial charge in [-0.05, 0) is 44.5 Å². The summed E-state index contributed by atoms with van der Waals surface area (Å²) in [6, 6.07) is 4.42. The molecule has 0 spiro atoms. The summed E-state index contributed by atoms with van der Waals surface area (Å²) >= 11 is 3.18. The predicted molar refractivity (Wildman–Crippen MR) is 69.6 cm³/mol. The molecule has 0 aliphatic heterocycles. The largest absolute Gasteiger partial charge is 0.234 e. The van der Waals surface area contributed by atoms with Crippen LogP contribution in [-0.2, 0) is 11.0 Å². The minimum absolute atomic E-state index is 0.350. The molecule has 0 N–H and O–H groups in total. The number of benzene rings is 1. The van der Waals surface area contributed by atoms with E-state index < -0.39 is 15.7 Å². The van der Waals surface area contributed by atoms with Gasteiger partial charge in [0.1, 0.15) is 16.8 Å². The third kappa shape index (κ3) is 4.14. The maximum absolute atomic E-state index is 13.0. The van der Waals surface area contributed by atoms with Crippen LogP contribution in [0.1, 0.15) is 26.3 Å². The second kappa shape index (κ2) is 5.19. The lowest BCUT2D eigenvalue weighted by molar-refractivity contribution is 0.626. The molecule has 0 aliphatic rings. The fraction of sp³-hybridized carbons (Fsp3) is 0.364. The van der Waals surface area contributed by atoms with E-state index in [1.807, 2.05) is 20.8 Å². The highest BCUT2D eigenvalue weighted by atomic mass is 79.9. The van der Waals surface area contributed by atoms with E-state index in [4.69, 9.17) is 0 Å². The normalized spacial score (nSPS) is 14.3. The summed E-state index contributed by atoms with van der Waals surface area (Å²) in [5.74, 6) is -0.350. The van der Waals surface area contributed by atoms with Crippen molar-refractivity contribution in [1.29, 1.82) is 0 Å². The maximum Gasteiger partial charge on any atom is 0.144 e. The molecule has 1 aromatic carbocycles.